The fourth-order valence-electron chi connectivity index (χ4n) is 1.82. The van der Waals surface area contributed by atoms with E-state index in [1.165, 1.54) is 10.5 Å². The Morgan fingerprint density at radius 3 is 2.62 bits per heavy atom. The molecule has 4 nitrogen and oxygen atoms in total. The Morgan fingerprint density at radius 2 is 2.00 bits per heavy atom. The highest BCUT2D eigenvalue weighted by atomic mass is 32.2. The van der Waals surface area contributed by atoms with Crippen molar-refractivity contribution in [2.24, 2.45) is 0 Å². The second-order valence-electron chi connectivity index (χ2n) is 5.31. The summed E-state index contributed by atoms with van der Waals surface area (Å²) in [7, 11) is 0. The molecular formula is C16H23N3OS. The molecule has 114 valence electrons. The van der Waals surface area contributed by atoms with Crippen LogP contribution >= 0.6 is 11.8 Å². The fraction of sp³-hybridized carbons (Fsp3) is 0.500. The summed E-state index contributed by atoms with van der Waals surface area (Å²) in [6.07, 6.45) is 1.16. The van der Waals surface area contributed by atoms with Crippen molar-refractivity contribution in [2.45, 2.75) is 50.3 Å². The van der Waals surface area contributed by atoms with Gasteiger partial charge in [-0.2, -0.15) is 4.98 Å². The van der Waals surface area contributed by atoms with E-state index in [0.717, 1.165) is 25.3 Å². The van der Waals surface area contributed by atoms with Gasteiger partial charge in [0.25, 0.3) is 0 Å². The van der Waals surface area contributed by atoms with Crippen LogP contribution in [0.5, 0.6) is 0 Å². The summed E-state index contributed by atoms with van der Waals surface area (Å²) in [4.78, 5) is 5.60. The Hall–Kier alpha value is -1.33. The van der Waals surface area contributed by atoms with Crippen LogP contribution in [0.3, 0.4) is 0 Å². The van der Waals surface area contributed by atoms with Crippen LogP contribution in [0.1, 0.15) is 50.4 Å². The Morgan fingerprint density at radius 1 is 1.24 bits per heavy atom. The van der Waals surface area contributed by atoms with Crippen LogP contribution in [-0.4, -0.2) is 16.7 Å². The first-order valence-corrected chi connectivity index (χ1v) is 8.42. The van der Waals surface area contributed by atoms with Crippen molar-refractivity contribution in [1.29, 1.82) is 0 Å². The molecule has 2 rings (SSSR count). The summed E-state index contributed by atoms with van der Waals surface area (Å²) >= 11 is 1.72. The van der Waals surface area contributed by atoms with E-state index in [1.807, 2.05) is 0 Å². The van der Waals surface area contributed by atoms with E-state index >= 15 is 0 Å². The zero-order chi connectivity index (χ0) is 15.1. The molecule has 1 N–H and O–H groups in total. The number of hydrogen-bond acceptors (Lipinski definition) is 5. The van der Waals surface area contributed by atoms with Gasteiger partial charge >= 0.3 is 0 Å². The molecule has 0 unspecified atom stereocenters. The van der Waals surface area contributed by atoms with Gasteiger partial charge in [0, 0.05) is 17.4 Å². The van der Waals surface area contributed by atoms with Crippen LogP contribution in [0.2, 0.25) is 0 Å². The van der Waals surface area contributed by atoms with E-state index in [4.69, 9.17) is 4.52 Å². The molecule has 1 aromatic heterocycles. The third-order valence-electron chi connectivity index (χ3n) is 3.04. The summed E-state index contributed by atoms with van der Waals surface area (Å²) in [6.45, 7) is 8.29. The van der Waals surface area contributed by atoms with Crippen LogP contribution in [0.15, 0.2) is 33.7 Å². The van der Waals surface area contributed by atoms with Gasteiger partial charge in [0.1, 0.15) is 0 Å². The molecule has 2 aromatic rings. The molecule has 1 aromatic carbocycles. The number of thioether (sulfide) groups is 1. The van der Waals surface area contributed by atoms with Gasteiger partial charge in [0.2, 0.25) is 5.89 Å². The highest BCUT2D eigenvalue weighted by Gasteiger charge is 2.09. The lowest BCUT2D eigenvalue weighted by Crippen LogP contribution is -2.13. The van der Waals surface area contributed by atoms with Crippen LogP contribution in [0.25, 0.3) is 0 Å². The zero-order valence-corrected chi connectivity index (χ0v) is 13.7. The number of nitrogens with zero attached hydrogens (tertiary/aromatic N) is 2. The van der Waals surface area contributed by atoms with Gasteiger partial charge in [-0.3, -0.25) is 0 Å². The van der Waals surface area contributed by atoms with Gasteiger partial charge in [-0.1, -0.05) is 38.1 Å². The molecule has 0 aliphatic carbocycles. The van der Waals surface area contributed by atoms with Crippen molar-refractivity contribution in [2.75, 3.05) is 6.54 Å². The molecule has 0 amide bonds. The summed E-state index contributed by atoms with van der Waals surface area (Å²) in [5.74, 6) is 2.50. The van der Waals surface area contributed by atoms with Crippen molar-refractivity contribution in [1.82, 2.24) is 15.5 Å². The SMILES string of the molecule is CCCNCc1ccc(SCc2nc(C(C)C)no2)cc1. The van der Waals surface area contributed by atoms with Gasteiger partial charge in [-0.25, -0.2) is 0 Å². The molecular weight excluding hydrogens is 282 g/mol. The second kappa shape index (κ2) is 8.20. The summed E-state index contributed by atoms with van der Waals surface area (Å²) in [6, 6.07) is 8.62. The molecule has 5 heteroatoms. The lowest BCUT2D eigenvalue weighted by atomic mass is 10.2. The van der Waals surface area contributed by atoms with Gasteiger partial charge in [0.05, 0.1) is 5.75 Å². The molecule has 0 atom stereocenters. The number of rotatable bonds is 8. The molecule has 0 spiro atoms. The number of benzene rings is 1. The number of aromatic nitrogens is 2. The summed E-state index contributed by atoms with van der Waals surface area (Å²) in [5, 5.41) is 7.38. The summed E-state index contributed by atoms with van der Waals surface area (Å²) < 4.78 is 5.24. The first kappa shape index (κ1) is 16.0. The molecule has 0 saturated heterocycles. The van der Waals surface area contributed by atoms with E-state index in [2.05, 4.69) is 60.5 Å². The number of hydrogen-bond donors (Lipinski definition) is 1. The van der Waals surface area contributed by atoms with Gasteiger partial charge < -0.3 is 9.84 Å². The van der Waals surface area contributed by atoms with Gasteiger partial charge in [-0.05, 0) is 30.7 Å². The van der Waals surface area contributed by atoms with E-state index in [-0.39, 0.29) is 0 Å². The number of nitrogens with one attached hydrogen (secondary N) is 1. The lowest BCUT2D eigenvalue weighted by Gasteiger charge is -2.04. The minimum absolute atomic E-state index is 0.308. The largest absolute Gasteiger partial charge is 0.338 e. The normalized spacial score (nSPS) is 11.2. The predicted octanol–water partition coefficient (Wildman–Crippen LogP) is 3.98. The van der Waals surface area contributed by atoms with Crippen LogP contribution in [0.4, 0.5) is 0 Å². The highest BCUT2D eigenvalue weighted by Crippen LogP contribution is 2.23. The average molecular weight is 305 g/mol. The van der Waals surface area contributed by atoms with Crippen molar-refractivity contribution in [3.63, 3.8) is 0 Å². The third kappa shape index (κ3) is 5.17. The first-order valence-electron chi connectivity index (χ1n) is 7.44. The second-order valence-corrected chi connectivity index (χ2v) is 6.36. The molecule has 21 heavy (non-hydrogen) atoms. The van der Waals surface area contributed by atoms with E-state index in [9.17, 15) is 0 Å². The van der Waals surface area contributed by atoms with Crippen molar-refractivity contribution in [3.05, 3.63) is 41.5 Å². The lowest BCUT2D eigenvalue weighted by molar-refractivity contribution is 0.383. The molecule has 0 fully saturated rings. The topological polar surface area (TPSA) is 51.0 Å². The fourth-order valence-corrected chi connectivity index (χ4v) is 2.56. The monoisotopic (exact) mass is 305 g/mol. The van der Waals surface area contributed by atoms with Gasteiger partial charge in [-0.15, -0.1) is 11.8 Å². The molecule has 1 heterocycles. The average Bonchev–Trinajstić information content (AvgIpc) is 2.96. The minimum atomic E-state index is 0.308. The van der Waals surface area contributed by atoms with Gasteiger partial charge in [0.15, 0.2) is 5.82 Å². The van der Waals surface area contributed by atoms with Crippen molar-refractivity contribution in [3.8, 4) is 0 Å². The van der Waals surface area contributed by atoms with E-state index in [1.54, 1.807) is 11.8 Å². The maximum atomic E-state index is 5.24. The van der Waals surface area contributed by atoms with Crippen molar-refractivity contribution >= 4 is 11.8 Å². The molecule has 0 aliphatic rings. The molecule has 0 radical (unpaired) electrons. The molecule has 0 bridgehead atoms. The van der Waals surface area contributed by atoms with Crippen LogP contribution in [-0.2, 0) is 12.3 Å². The quantitative estimate of drug-likeness (QED) is 0.590. The predicted molar refractivity (Wildman–Crippen MR) is 86.4 cm³/mol. The molecule has 0 aliphatic heterocycles. The maximum Gasteiger partial charge on any atom is 0.237 e. The Bertz CT molecular complexity index is 537. The Balaban J connectivity index is 1.82. The Kier molecular flexibility index (Phi) is 6.26. The zero-order valence-electron chi connectivity index (χ0n) is 12.9. The standard InChI is InChI=1S/C16H23N3OS/c1-4-9-17-10-13-5-7-14(8-6-13)21-11-15-18-16(12(2)3)19-20-15/h5-8,12,17H,4,9-11H2,1-3H3. The van der Waals surface area contributed by atoms with E-state index in [0.29, 0.717) is 17.6 Å². The molecule has 0 saturated carbocycles. The maximum absolute atomic E-state index is 5.24. The highest BCUT2D eigenvalue weighted by molar-refractivity contribution is 7.98. The third-order valence-corrected chi connectivity index (χ3v) is 4.04. The Labute approximate surface area is 130 Å². The first-order chi connectivity index (χ1) is 10.2. The summed E-state index contributed by atoms with van der Waals surface area (Å²) in [5.41, 5.74) is 1.31. The van der Waals surface area contributed by atoms with Crippen molar-refractivity contribution < 1.29 is 4.52 Å². The van der Waals surface area contributed by atoms with Crippen LogP contribution < -0.4 is 5.32 Å². The van der Waals surface area contributed by atoms with Crippen LogP contribution in [0, 0.1) is 0 Å². The minimum Gasteiger partial charge on any atom is -0.338 e. The smallest absolute Gasteiger partial charge is 0.237 e. The van der Waals surface area contributed by atoms with E-state index < -0.39 is 0 Å².